The predicted octanol–water partition coefficient (Wildman–Crippen LogP) is 3.25. The van der Waals surface area contributed by atoms with Gasteiger partial charge >= 0.3 is 0 Å². The highest BCUT2D eigenvalue weighted by Crippen LogP contribution is 2.25. The molecule has 1 heterocycles. The zero-order valence-corrected chi connectivity index (χ0v) is 10.6. The summed E-state index contributed by atoms with van der Waals surface area (Å²) in [4.78, 5) is 10.9. The number of carbonyl (C=O) groups is 1. The molecule has 1 saturated heterocycles. The maximum Gasteiger partial charge on any atom is 0.152 e. The molecule has 1 aromatic carbocycles. The molecule has 1 aromatic rings. The van der Waals surface area contributed by atoms with Gasteiger partial charge in [-0.05, 0) is 30.6 Å². The summed E-state index contributed by atoms with van der Waals surface area (Å²) >= 11 is 0. The van der Waals surface area contributed by atoms with Crippen LogP contribution in [-0.4, -0.2) is 19.0 Å². The second-order valence-corrected chi connectivity index (χ2v) is 4.59. The van der Waals surface area contributed by atoms with Crippen molar-refractivity contribution >= 4 is 11.9 Å². The van der Waals surface area contributed by atoms with Crippen LogP contribution >= 0.6 is 0 Å². The molecule has 2 nitrogen and oxygen atoms in total. The Labute approximate surface area is 108 Å². The lowest BCUT2D eigenvalue weighted by Crippen LogP contribution is -2.00. The van der Waals surface area contributed by atoms with Crippen LogP contribution in [0.5, 0.6) is 0 Å². The first-order chi connectivity index (χ1) is 8.75. The van der Waals surface area contributed by atoms with Crippen molar-refractivity contribution in [2.45, 2.75) is 13.3 Å². The summed E-state index contributed by atoms with van der Waals surface area (Å²) in [6, 6.07) is 10.3. The van der Waals surface area contributed by atoms with E-state index in [2.05, 4.69) is 18.2 Å². The first-order valence-electron chi connectivity index (χ1n) is 6.26. The van der Waals surface area contributed by atoms with Crippen molar-refractivity contribution in [1.29, 1.82) is 0 Å². The molecule has 1 fully saturated rings. The van der Waals surface area contributed by atoms with Crippen LogP contribution in [0.4, 0.5) is 0 Å². The van der Waals surface area contributed by atoms with E-state index in [0.29, 0.717) is 12.5 Å². The molecule has 1 aliphatic heterocycles. The summed E-state index contributed by atoms with van der Waals surface area (Å²) in [5, 5.41) is 0. The quantitative estimate of drug-likeness (QED) is 0.758. The summed E-state index contributed by atoms with van der Waals surface area (Å²) in [6.45, 7) is 3.02. The van der Waals surface area contributed by atoms with Crippen molar-refractivity contribution in [3.8, 4) is 0 Å². The number of ketones is 1. The largest absolute Gasteiger partial charge is 0.376 e. The summed E-state index contributed by atoms with van der Waals surface area (Å²) in [5.74, 6) is 0.503. The molecule has 0 saturated carbocycles. The van der Waals surface area contributed by atoms with E-state index in [1.54, 1.807) is 13.0 Å². The Balaban J connectivity index is 2.03. The lowest BCUT2D eigenvalue weighted by Gasteiger charge is -2.06. The minimum atomic E-state index is 0.0995. The van der Waals surface area contributed by atoms with Crippen molar-refractivity contribution < 1.29 is 9.53 Å². The second kappa shape index (κ2) is 6.31. The van der Waals surface area contributed by atoms with Crippen LogP contribution in [-0.2, 0) is 9.53 Å². The fourth-order valence-electron chi connectivity index (χ4n) is 2.08. The van der Waals surface area contributed by atoms with E-state index in [0.717, 1.165) is 13.0 Å². The molecule has 0 aromatic heterocycles. The highest BCUT2D eigenvalue weighted by molar-refractivity contribution is 5.87. The van der Waals surface area contributed by atoms with Gasteiger partial charge in [-0.3, -0.25) is 4.79 Å². The average molecular weight is 242 g/mol. The van der Waals surface area contributed by atoms with Gasteiger partial charge in [0.2, 0.25) is 0 Å². The summed E-state index contributed by atoms with van der Waals surface area (Å²) < 4.78 is 5.51. The lowest BCUT2D eigenvalue weighted by atomic mass is 9.96. The van der Waals surface area contributed by atoms with Gasteiger partial charge < -0.3 is 4.74 Å². The van der Waals surface area contributed by atoms with E-state index >= 15 is 0 Å². The van der Waals surface area contributed by atoms with Gasteiger partial charge in [0, 0.05) is 5.92 Å². The zero-order chi connectivity index (χ0) is 12.8. The van der Waals surface area contributed by atoms with E-state index < -0.39 is 0 Å². The van der Waals surface area contributed by atoms with Crippen molar-refractivity contribution in [2.75, 3.05) is 13.2 Å². The maximum absolute atomic E-state index is 10.9. The van der Waals surface area contributed by atoms with E-state index in [-0.39, 0.29) is 5.78 Å². The van der Waals surface area contributed by atoms with Gasteiger partial charge in [0.05, 0.1) is 13.2 Å². The van der Waals surface area contributed by atoms with Crippen molar-refractivity contribution in [2.24, 2.45) is 5.92 Å². The highest BCUT2D eigenvalue weighted by atomic mass is 16.5. The Morgan fingerprint density at radius 2 is 2.17 bits per heavy atom. The van der Waals surface area contributed by atoms with Gasteiger partial charge in [-0.2, -0.15) is 0 Å². The number of rotatable bonds is 4. The van der Waals surface area contributed by atoms with Crippen LogP contribution in [0.25, 0.3) is 6.08 Å². The van der Waals surface area contributed by atoms with Gasteiger partial charge in [-0.25, -0.2) is 0 Å². The topological polar surface area (TPSA) is 26.3 Å². The molecule has 1 aliphatic rings. The molecule has 18 heavy (non-hydrogen) atoms. The van der Waals surface area contributed by atoms with E-state index in [9.17, 15) is 4.79 Å². The van der Waals surface area contributed by atoms with E-state index in [4.69, 9.17) is 4.74 Å². The number of hydrogen-bond donors (Lipinski definition) is 0. The van der Waals surface area contributed by atoms with Crippen LogP contribution in [0.15, 0.2) is 48.1 Å². The van der Waals surface area contributed by atoms with Crippen molar-refractivity contribution in [1.82, 2.24) is 0 Å². The highest BCUT2D eigenvalue weighted by Gasteiger charge is 2.20. The van der Waals surface area contributed by atoms with E-state index in [1.807, 2.05) is 24.3 Å². The van der Waals surface area contributed by atoms with Gasteiger partial charge in [0.1, 0.15) is 0 Å². The predicted molar refractivity (Wildman–Crippen MR) is 73.2 cm³/mol. The summed E-state index contributed by atoms with van der Waals surface area (Å²) in [6.07, 6.45) is 6.65. The van der Waals surface area contributed by atoms with Crippen molar-refractivity contribution in [3.63, 3.8) is 0 Å². The molecule has 0 N–H and O–H groups in total. The van der Waals surface area contributed by atoms with Crippen LogP contribution < -0.4 is 0 Å². The Morgan fingerprint density at radius 1 is 1.39 bits per heavy atom. The standard InChI is InChI=1S/C16H18O2/c1-13(17)6-5-9-15-11-18-12-16(15)10-14-7-3-2-4-8-14/h2-8,10,15H,9,11-12H2,1H3/b6-5+,16-10+/t15-/m0/s1. The Kier molecular flexibility index (Phi) is 4.48. The minimum absolute atomic E-state index is 0.0995. The molecule has 0 spiro atoms. The Morgan fingerprint density at radius 3 is 2.89 bits per heavy atom. The summed E-state index contributed by atoms with van der Waals surface area (Å²) in [7, 11) is 0. The lowest BCUT2D eigenvalue weighted by molar-refractivity contribution is -0.112. The van der Waals surface area contributed by atoms with Gasteiger partial charge in [0.15, 0.2) is 5.78 Å². The molecule has 0 bridgehead atoms. The first kappa shape index (κ1) is 12.8. The zero-order valence-electron chi connectivity index (χ0n) is 10.6. The normalized spacial score (nSPS) is 21.8. The first-order valence-corrected chi connectivity index (χ1v) is 6.26. The molecule has 1 atom stereocenters. The van der Waals surface area contributed by atoms with Gasteiger partial charge in [0.25, 0.3) is 0 Å². The Hall–Kier alpha value is -1.67. The minimum Gasteiger partial charge on any atom is -0.376 e. The van der Waals surface area contributed by atoms with Crippen LogP contribution in [0.3, 0.4) is 0 Å². The third-order valence-electron chi connectivity index (χ3n) is 3.04. The number of ether oxygens (including phenoxy) is 1. The average Bonchev–Trinajstić information content (AvgIpc) is 2.78. The number of carbonyl (C=O) groups excluding carboxylic acids is 1. The van der Waals surface area contributed by atoms with E-state index in [1.165, 1.54) is 11.1 Å². The molecule has 94 valence electrons. The van der Waals surface area contributed by atoms with Gasteiger partial charge in [-0.1, -0.05) is 42.5 Å². The molecule has 0 amide bonds. The second-order valence-electron chi connectivity index (χ2n) is 4.59. The fraction of sp³-hybridized carbons (Fsp3) is 0.312. The van der Waals surface area contributed by atoms with Gasteiger partial charge in [-0.15, -0.1) is 0 Å². The van der Waals surface area contributed by atoms with Crippen LogP contribution in [0.1, 0.15) is 18.9 Å². The number of hydrogen-bond acceptors (Lipinski definition) is 2. The SMILES string of the molecule is CC(=O)/C=C/C[C@H]1COC/C1=C\c1ccccc1. The molecule has 0 unspecified atom stereocenters. The third kappa shape index (κ3) is 3.67. The van der Waals surface area contributed by atoms with Crippen molar-refractivity contribution in [3.05, 3.63) is 53.6 Å². The molecule has 0 radical (unpaired) electrons. The molecular formula is C16H18O2. The monoisotopic (exact) mass is 242 g/mol. The summed E-state index contributed by atoms with van der Waals surface area (Å²) in [5.41, 5.74) is 2.52. The third-order valence-corrected chi connectivity index (χ3v) is 3.04. The fourth-order valence-corrected chi connectivity index (χ4v) is 2.08. The van der Waals surface area contributed by atoms with Crippen LogP contribution in [0.2, 0.25) is 0 Å². The maximum atomic E-state index is 10.9. The van der Waals surface area contributed by atoms with Crippen LogP contribution in [0, 0.1) is 5.92 Å². The number of benzene rings is 1. The molecule has 0 aliphatic carbocycles. The smallest absolute Gasteiger partial charge is 0.152 e. The molecule has 2 heteroatoms. The Bertz CT molecular complexity index is 457. The number of allylic oxidation sites excluding steroid dienone is 2. The molecule has 2 rings (SSSR count). The molecular weight excluding hydrogens is 224 g/mol.